The van der Waals surface area contributed by atoms with Gasteiger partial charge in [0.1, 0.15) is 0 Å². The predicted molar refractivity (Wildman–Crippen MR) is 163 cm³/mol. The Labute approximate surface area is 226 Å². The molecule has 0 fully saturated rings. The number of hydrogen-bond acceptors (Lipinski definition) is 1. The summed E-state index contributed by atoms with van der Waals surface area (Å²) in [4.78, 5) is 4.85. The first-order chi connectivity index (χ1) is 19.3. The van der Waals surface area contributed by atoms with Crippen molar-refractivity contribution in [2.75, 3.05) is 0 Å². The molecule has 2 atom stereocenters. The smallest absolute Gasteiger partial charge is 0.0960 e. The van der Waals surface area contributed by atoms with Crippen molar-refractivity contribution in [2.24, 2.45) is 5.92 Å². The predicted octanol–water partition coefficient (Wildman–Crippen LogP) is 9.26. The maximum Gasteiger partial charge on any atom is 0.0960 e. The lowest BCUT2D eigenvalue weighted by molar-refractivity contribution is 0.510. The summed E-state index contributed by atoms with van der Waals surface area (Å²) in [5, 5.41) is 3.73. The third-order valence-corrected chi connectivity index (χ3v) is 8.25. The van der Waals surface area contributed by atoms with Gasteiger partial charge in [-0.2, -0.15) is 0 Å². The van der Waals surface area contributed by atoms with Crippen LogP contribution in [0.5, 0.6) is 0 Å². The van der Waals surface area contributed by atoms with Gasteiger partial charge >= 0.3 is 0 Å². The first-order valence-corrected chi connectivity index (χ1v) is 13.6. The highest BCUT2D eigenvalue weighted by Gasteiger charge is 2.22. The molecule has 0 saturated carbocycles. The monoisotopic (exact) mass is 501 g/mol. The zero-order valence-corrected chi connectivity index (χ0v) is 21.7. The van der Waals surface area contributed by atoms with Crippen molar-refractivity contribution < 1.29 is 0 Å². The van der Waals surface area contributed by atoms with Gasteiger partial charge in [0.25, 0.3) is 0 Å². The zero-order valence-electron chi connectivity index (χ0n) is 21.7. The molecule has 0 radical (unpaired) electrons. The Hall–Kier alpha value is -4.89. The first-order valence-electron chi connectivity index (χ1n) is 13.6. The van der Waals surface area contributed by atoms with Crippen LogP contribution in [-0.2, 0) is 0 Å². The van der Waals surface area contributed by atoms with Crippen molar-refractivity contribution in [2.45, 2.75) is 13.0 Å². The van der Waals surface area contributed by atoms with Crippen molar-refractivity contribution in [3.05, 3.63) is 134 Å². The van der Waals surface area contributed by atoms with Gasteiger partial charge in [-0.15, -0.1) is 0 Å². The van der Waals surface area contributed by atoms with Crippen LogP contribution in [0.15, 0.2) is 134 Å². The largest absolute Gasteiger partial charge is 0.332 e. The van der Waals surface area contributed by atoms with Crippen LogP contribution in [-0.4, -0.2) is 14.1 Å². The van der Waals surface area contributed by atoms with Gasteiger partial charge in [-0.25, -0.2) is 0 Å². The molecule has 3 nitrogen and oxygen atoms in total. The van der Waals surface area contributed by atoms with Gasteiger partial charge in [0.15, 0.2) is 0 Å². The van der Waals surface area contributed by atoms with E-state index in [0.29, 0.717) is 5.92 Å². The molecule has 7 aromatic rings. The van der Waals surface area contributed by atoms with E-state index >= 15 is 0 Å². The van der Waals surface area contributed by atoms with Crippen LogP contribution >= 0.6 is 0 Å². The van der Waals surface area contributed by atoms with Crippen LogP contribution in [0.1, 0.15) is 13.0 Å². The highest BCUT2D eigenvalue weighted by atomic mass is 15.0. The molecule has 1 aliphatic carbocycles. The van der Waals surface area contributed by atoms with Gasteiger partial charge in [0.05, 0.1) is 33.6 Å². The normalized spacial score (nSPS) is 17.2. The number of para-hydroxylation sites is 2. The number of aromatic nitrogens is 3. The van der Waals surface area contributed by atoms with E-state index in [4.69, 9.17) is 4.98 Å². The molecule has 3 heteroatoms. The molecule has 0 aliphatic heterocycles. The summed E-state index contributed by atoms with van der Waals surface area (Å²) in [6.07, 6.45) is 10.8. The highest BCUT2D eigenvalue weighted by Crippen LogP contribution is 2.39. The molecule has 3 heterocycles. The number of rotatable bonds is 3. The molecule has 1 aliphatic rings. The Morgan fingerprint density at radius 3 is 2.13 bits per heavy atom. The fraction of sp³-hybridized carbons (Fsp3) is 0.0833. The molecule has 4 aromatic carbocycles. The second-order valence-corrected chi connectivity index (χ2v) is 10.5. The number of fused-ring (bicyclic) bond motifs is 6. The summed E-state index contributed by atoms with van der Waals surface area (Å²) in [6.45, 7) is 2.29. The molecule has 0 spiro atoms. The molecule has 0 N–H and O–H groups in total. The lowest BCUT2D eigenvalue weighted by atomic mass is 9.96. The van der Waals surface area contributed by atoms with E-state index in [0.717, 1.165) is 5.52 Å². The SMILES string of the molecule is CC1C=CC=CC1n1c2ccc(-c3ccc4c(c3)c3ccccc3n4-c3ccccc3)cc2c2ncccc21. The second-order valence-electron chi connectivity index (χ2n) is 10.5. The fourth-order valence-electron chi connectivity index (χ4n) is 6.40. The summed E-state index contributed by atoms with van der Waals surface area (Å²) in [5.41, 5.74) is 9.51. The van der Waals surface area contributed by atoms with Crippen LogP contribution in [0.4, 0.5) is 0 Å². The van der Waals surface area contributed by atoms with E-state index < -0.39 is 0 Å². The van der Waals surface area contributed by atoms with Crippen LogP contribution in [0.3, 0.4) is 0 Å². The Kier molecular flexibility index (Phi) is 4.86. The minimum Gasteiger partial charge on any atom is -0.332 e. The zero-order chi connectivity index (χ0) is 25.9. The van der Waals surface area contributed by atoms with Crippen LogP contribution in [0.25, 0.3) is 60.6 Å². The van der Waals surface area contributed by atoms with Crippen molar-refractivity contribution in [3.8, 4) is 16.8 Å². The Morgan fingerprint density at radius 1 is 0.590 bits per heavy atom. The average Bonchev–Trinajstić information content (AvgIpc) is 3.50. The summed E-state index contributed by atoms with van der Waals surface area (Å²) in [7, 11) is 0. The average molecular weight is 502 g/mol. The minimum atomic E-state index is 0.269. The van der Waals surface area contributed by atoms with Crippen molar-refractivity contribution in [1.82, 2.24) is 14.1 Å². The molecule has 186 valence electrons. The molecule has 3 aromatic heterocycles. The van der Waals surface area contributed by atoms with Crippen molar-refractivity contribution in [1.29, 1.82) is 0 Å². The van der Waals surface area contributed by atoms with E-state index in [1.165, 1.54) is 55.0 Å². The highest BCUT2D eigenvalue weighted by molar-refractivity contribution is 6.11. The van der Waals surface area contributed by atoms with Gasteiger partial charge in [-0.05, 0) is 71.6 Å². The maximum atomic E-state index is 4.85. The topological polar surface area (TPSA) is 22.8 Å². The molecular formula is C36H27N3. The molecule has 0 saturated heterocycles. The lowest BCUT2D eigenvalue weighted by Crippen LogP contribution is -2.15. The summed E-state index contributed by atoms with van der Waals surface area (Å²) in [6, 6.07) is 37.6. The van der Waals surface area contributed by atoms with Crippen LogP contribution in [0, 0.1) is 5.92 Å². The third-order valence-electron chi connectivity index (χ3n) is 8.25. The van der Waals surface area contributed by atoms with E-state index in [9.17, 15) is 0 Å². The molecule has 2 unspecified atom stereocenters. The maximum absolute atomic E-state index is 4.85. The van der Waals surface area contributed by atoms with Crippen LogP contribution in [0.2, 0.25) is 0 Å². The second kappa shape index (κ2) is 8.57. The van der Waals surface area contributed by atoms with E-state index in [2.05, 4.69) is 137 Å². The molecule has 39 heavy (non-hydrogen) atoms. The van der Waals surface area contributed by atoms with Gasteiger partial charge < -0.3 is 9.13 Å². The third kappa shape index (κ3) is 3.33. The fourth-order valence-corrected chi connectivity index (χ4v) is 6.40. The Balaban J connectivity index is 1.34. The standard InChI is InChI=1S/C36H27N3/c1-24-10-5-7-14-31(24)39-34-20-18-26(23-30(34)36-35(39)16-9-21-37-36)25-17-19-33-29(22-25)28-13-6-8-15-32(28)38(33)27-11-3-2-4-12-27/h2-24,31H,1H3. The van der Waals surface area contributed by atoms with Gasteiger partial charge in [0.2, 0.25) is 0 Å². The number of hydrogen-bond donors (Lipinski definition) is 0. The molecule has 0 amide bonds. The minimum absolute atomic E-state index is 0.269. The number of pyridine rings is 1. The van der Waals surface area contributed by atoms with Gasteiger partial charge in [-0.3, -0.25) is 4.98 Å². The molecular weight excluding hydrogens is 474 g/mol. The summed E-state index contributed by atoms with van der Waals surface area (Å²) in [5.74, 6) is 0.415. The summed E-state index contributed by atoms with van der Waals surface area (Å²) < 4.78 is 4.82. The quantitative estimate of drug-likeness (QED) is 0.237. The summed E-state index contributed by atoms with van der Waals surface area (Å²) >= 11 is 0. The molecule has 8 rings (SSSR count). The van der Waals surface area contributed by atoms with Crippen LogP contribution < -0.4 is 0 Å². The number of nitrogens with zero attached hydrogens (tertiary/aromatic N) is 3. The first kappa shape index (κ1) is 22.1. The Bertz CT molecular complexity index is 2090. The van der Waals surface area contributed by atoms with E-state index in [1.54, 1.807) is 0 Å². The lowest BCUT2D eigenvalue weighted by Gasteiger charge is -2.24. The van der Waals surface area contributed by atoms with Crippen molar-refractivity contribution in [3.63, 3.8) is 0 Å². The molecule has 0 bridgehead atoms. The number of benzene rings is 4. The van der Waals surface area contributed by atoms with E-state index in [-0.39, 0.29) is 6.04 Å². The van der Waals surface area contributed by atoms with E-state index in [1.807, 2.05) is 12.3 Å². The van der Waals surface area contributed by atoms with Crippen molar-refractivity contribution >= 4 is 43.7 Å². The van der Waals surface area contributed by atoms with Gasteiger partial charge in [0, 0.05) is 28.0 Å². The Morgan fingerprint density at radius 2 is 1.28 bits per heavy atom. The number of allylic oxidation sites excluding steroid dienone is 4. The van der Waals surface area contributed by atoms with Gasteiger partial charge in [-0.1, -0.05) is 79.8 Å².